The lowest BCUT2D eigenvalue weighted by Gasteiger charge is -2.25. The molecule has 0 aliphatic carbocycles. The Kier molecular flexibility index (Phi) is 3.94. The Morgan fingerprint density at radius 1 is 1.44 bits per heavy atom. The number of nitrogens with one attached hydrogen (secondary N) is 1. The van der Waals surface area contributed by atoms with Crippen molar-refractivity contribution in [2.24, 2.45) is 11.1 Å². The molecule has 1 atom stereocenters. The van der Waals surface area contributed by atoms with Crippen molar-refractivity contribution in [3.05, 3.63) is 29.3 Å². The molecule has 0 aliphatic heterocycles. The second-order valence-corrected chi connectivity index (χ2v) is 5.28. The third kappa shape index (κ3) is 3.51. The van der Waals surface area contributed by atoms with E-state index in [0.29, 0.717) is 10.7 Å². The zero-order valence-corrected chi connectivity index (χ0v) is 10.5. The van der Waals surface area contributed by atoms with Crippen LogP contribution >= 0.6 is 11.6 Å². The van der Waals surface area contributed by atoms with Crippen LogP contribution in [0.2, 0.25) is 5.02 Å². The van der Waals surface area contributed by atoms with E-state index in [1.807, 2.05) is 20.8 Å². The van der Waals surface area contributed by atoms with Crippen molar-refractivity contribution in [2.75, 3.05) is 5.32 Å². The SMILES string of the molecule is CC(C)(C)[C@H](N)C(=O)Nc1cccc(Cl)c1. The molecule has 16 heavy (non-hydrogen) atoms. The van der Waals surface area contributed by atoms with Crippen molar-refractivity contribution in [1.29, 1.82) is 0 Å². The summed E-state index contributed by atoms with van der Waals surface area (Å²) < 4.78 is 0. The molecule has 0 aliphatic rings. The van der Waals surface area contributed by atoms with E-state index < -0.39 is 6.04 Å². The number of benzene rings is 1. The normalized spacial score (nSPS) is 13.3. The maximum absolute atomic E-state index is 11.8. The lowest BCUT2D eigenvalue weighted by Crippen LogP contribution is -2.45. The second-order valence-electron chi connectivity index (χ2n) is 4.84. The van der Waals surface area contributed by atoms with E-state index in [4.69, 9.17) is 17.3 Å². The molecule has 1 aromatic rings. The van der Waals surface area contributed by atoms with Gasteiger partial charge in [0.1, 0.15) is 0 Å². The number of anilines is 1. The Hall–Kier alpha value is -1.06. The Morgan fingerprint density at radius 3 is 2.56 bits per heavy atom. The molecule has 4 heteroatoms. The molecule has 1 amide bonds. The van der Waals surface area contributed by atoms with Gasteiger partial charge in [0.2, 0.25) is 5.91 Å². The van der Waals surface area contributed by atoms with Crippen LogP contribution in [0.1, 0.15) is 20.8 Å². The van der Waals surface area contributed by atoms with Crippen LogP contribution in [0.25, 0.3) is 0 Å². The summed E-state index contributed by atoms with van der Waals surface area (Å²) in [6.07, 6.45) is 0. The van der Waals surface area contributed by atoms with Gasteiger partial charge >= 0.3 is 0 Å². The first-order valence-corrected chi connectivity index (χ1v) is 5.50. The molecule has 0 unspecified atom stereocenters. The molecule has 1 aromatic carbocycles. The molecular formula is C12H17ClN2O. The van der Waals surface area contributed by atoms with Crippen molar-refractivity contribution in [2.45, 2.75) is 26.8 Å². The van der Waals surface area contributed by atoms with E-state index in [0.717, 1.165) is 0 Å². The smallest absolute Gasteiger partial charge is 0.241 e. The number of hydrogen-bond acceptors (Lipinski definition) is 2. The minimum Gasteiger partial charge on any atom is -0.325 e. The lowest BCUT2D eigenvalue weighted by molar-refractivity contribution is -0.119. The fourth-order valence-electron chi connectivity index (χ4n) is 1.18. The molecule has 88 valence electrons. The molecule has 1 rings (SSSR count). The highest BCUT2D eigenvalue weighted by atomic mass is 35.5. The van der Waals surface area contributed by atoms with Gasteiger partial charge in [-0.3, -0.25) is 4.79 Å². The number of halogens is 1. The summed E-state index contributed by atoms with van der Waals surface area (Å²) in [5.41, 5.74) is 6.24. The summed E-state index contributed by atoms with van der Waals surface area (Å²) >= 11 is 5.82. The van der Waals surface area contributed by atoms with Gasteiger partial charge in [0.25, 0.3) is 0 Å². The number of rotatable bonds is 2. The van der Waals surface area contributed by atoms with Crippen LogP contribution in [0, 0.1) is 5.41 Å². The van der Waals surface area contributed by atoms with E-state index >= 15 is 0 Å². The van der Waals surface area contributed by atoms with Gasteiger partial charge < -0.3 is 11.1 Å². The molecule has 0 aromatic heterocycles. The van der Waals surface area contributed by atoms with E-state index in [9.17, 15) is 4.79 Å². The number of carbonyl (C=O) groups is 1. The Labute approximate surface area is 101 Å². The molecule has 0 saturated carbocycles. The lowest BCUT2D eigenvalue weighted by atomic mass is 9.87. The van der Waals surface area contributed by atoms with Gasteiger partial charge in [-0.1, -0.05) is 38.4 Å². The monoisotopic (exact) mass is 240 g/mol. The average Bonchev–Trinajstić information content (AvgIpc) is 2.15. The standard InChI is InChI=1S/C12H17ClN2O/c1-12(2,3)10(14)11(16)15-9-6-4-5-8(13)7-9/h4-7,10H,14H2,1-3H3,(H,15,16)/t10-/m1/s1. The first-order valence-electron chi connectivity index (χ1n) is 5.13. The molecule has 0 saturated heterocycles. The molecule has 0 spiro atoms. The van der Waals surface area contributed by atoms with E-state index in [1.54, 1.807) is 24.3 Å². The summed E-state index contributed by atoms with van der Waals surface area (Å²) in [4.78, 5) is 11.8. The summed E-state index contributed by atoms with van der Waals surface area (Å²) in [5.74, 6) is -0.199. The van der Waals surface area contributed by atoms with Crippen LogP contribution in [0.4, 0.5) is 5.69 Å². The van der Waals surface area contributed by atoms with Crippen molar-refractivity contribution in [3.8, 4) is 0 Å². The first-order chi connectivity index (χ1) is 7.30. The minimum atomic E-state index is -0.550. The summed E-state index contributed by atoms with van der Waals surface area (Å²) in [6.45, 7) is 5.78. The Bertz CT molecular complexity index is 385. The average molecular weight is 241 g/mol. The number of nitrogens with two attached hydrogens (primary N) is 1. The Balaban J connectivity index is 2.72. The van der Waals surface area contributed by atoms with Crippen LogP contribution in [0.15, 0.2) is 24.3 Å². The van der Waals surface area contributed by atoms with Crippen molar-refractivity contribution in [3.63, 3.8) is 0 Å². The largest absolute Gasteiger partial charge is 0.325 e. The third-order valence-corrected chi connectivity index (χ3v) is 2.54. The molecule has 0 fully saturated rings. The number of amides is 1. The van der Waals surface area contributed by atoms with E-state index in [1.165, 1.54) is 0 Å². The van der Waals surface area contributed by atoms with Crippen LogP contribution < -0.4 is 11.1 Å². The van der Waals surface area contributed by atoms with Crippen molar-refractivity contribution < 1.29 is 4.79 Å². The van der Waals surface area contributed by atoms with Gasteiger partial charge in [-0.15, -0.1) is 0 Å². The van der Waals surface area contributed by atoms with Gasteiger partial charge in [0.15, 0.2) is 0 Å². The van der Waals surface area contributed by atoms with Gasteiger partial charge in [0.05, 0.1) is 6.04 Å². The predicted molar refractivity (Wildman–Crippen MR) is 67.5 cm³/mol. The summed E-state index contributed by atoms with van der Waals surface area (Å²) in [5, 5.41) is 3.33. The van der Waals surface area contributed by atoms with E-state index in [2.05, 4.69) is 5.32 Å². The maximum Gasteiger partial charge on any atom is 0.241 e. The zero-order valence-electron chi connectivity index (χ0n) is 9.75. The number of hydrogen-bond donors (Lipinski definition) is 2. The second kappa shape index (κ2) is 4.85. The topological polar surface area (TPSA) is 55.1 Å². The fraction of sp³-hybridized carbons (Fsp3) is 0.417. The Morgan fingerprint density at radius 2 is 2.06 bits per heavy atom. The molecule has 0 bridgehead atoms. The predicted octanol–water partition coefficient (Wildman–Crippen LogP) is 2.65. The van der Waals surface area contributed by atoms with Gasteiger partial charge in [-0.2, -0.15) is 0 Å². The fourth-order valence-corrected chi connectivity index (χ4v) is 1.37. The van der Waals surface area contributed by atoms with Gasteiger partial charge in [-0.05, 0) is 23.6 Å². The van der Waals surface area contributed by atoms with Gasteiger partial charge in [-0.25, -0.2) is 0 Å². The van der Waals surface area contributed by atoms with Crippen molar-refractivity contribution in [1.82, 2.24) is 0 Å². The molecule has 3 nitrogen and oxygen atoms in total. The highest BCUT2D eigenvalue weighted by Gasteiger charge is 2.27. The zero-order chi connectivity index (χ0) is 12.3. The molecule has 0 radical (unpaired) electrons. The highest BCUT2D eigenvalue weighted by Crippen LogP contribution is 2.20. The first kappa shape index (κ1) is 13.0. The van der Waals surface area contributed by atoms with Crippen molar-refractivity contribution >= 4 is 23.2 Å². The summed E-state index contributed by atoms with van der Waals surface area (Å²) in [7, 11) is 0. The van der Waals surface area contributed by atoms with Gasteiger partial charge in [0, 0.05) is 10.7 Å². The van der Waals surface area contributed by atoms with Crippen LogP contribution in [-0.2, 0) is 4.79 Å². The molecule has 3 N–H and O–H groups in total. The maximum atomic E-state index is 11.8. The van der Waals surface area contributed by atoms with Crippen LogP contribution in [0.5, 0.6) is 0 Å². The van der Waals surface area contributed by atoms with E-state index in [-0.39, 0.29) is 11.3 Å². The van der Waals surface area contributed by atoms with Crippen LogP contribution in [-0.4, -0.2) is 11.9 Å². The van der Waals surface area contributed by atoms with Crippen LogP contribution in [0.3, 0.4) is 0 Å². The molecule has 0 heterocycles. The molecular weight excluding hydrogens is 224 g/mol. The minimum absolute atomic E-state index is 0.199. The third-order valence-electron chi connectivity index (χ3n) is 2.31. The summed E-state index contributed by atoms with van der Waals surface area (Å²) in [6, 6.07) is 6.45. The quantitative estimate of drug-likeness (QED) is 0.835. The number of carbonyl (C=O) groups excluding carboxylic acids is 1. The highest BCUT2D eigenvalue weighted by molar-refractivity contribution is 6.30.